The van der Waals surface area contributed by atoms with Crippen LogP contribution in [0.5, 0.6) is 0 Å². The molecule has 45 heavy (non-hydrogen) atoms. The molecule has 236 valence electrons. The molecule has 3 N–H and O–H groups in total. The van der Waals surface area contributed by atoms with Gasteiger partial charge in [-0.25, -0.2) is 9.97 Å². The molecule has 1 saturated heterocycles. The monoisotopic (exact) mass is 607 g/mol. The van der Waals surface area contributed by atoms with Crippen LogP contribution in [0.3, 0.4) is 0 Å². The van der Waals surface area contributed by atoms with Crippen molar-refractivity contribution in [3.05, 3.63) is 65.5 Å². The average molecular weight is 608 g/mol. The minimum Gasteiger partial charge on any atom is -0.374 e. The minimum atomic E-state index is -0.764. The first-order valence-corrected chi connectivity index (χ1v) is 16.5. The highest BCUT2D eigenvalue weighted by molar-refractivity contribution is 6.08. The van der Waals surface area contributed by atoms with Crippen LogP contribution in [0.4, 0.5) is 17.2 Å². The molecule has 0 radical (unpaired) electrons. The predicted molar refractivity (Wildman–Crippen MR) is 180 cm³/mol. The average Bonchev–Trinajstić information content (AvgIpc) is 3.53. The van der Waals surface area contributed by atoms with Gasteiger partial charge in [-0.3, -0.25) is 10.1 Å². The molecule has 2 aliphatic heterocycles. The first kappa shape index (κ1) is 29.9. The lowest BCUT2D eigenvalue weighted by molar-refractivity contribution is -0.123. The molecule has 3 aliphatic rings. The minimum absolute atomic E-state index is 0.197. The van der Waals surface area contributed by atoms with Gasteiger partial charge in [0.15, 0.2) is 5.82 Å². The van der Waals surface area contributed by atoms with Crippen LogP contribution in [0.1, 0.15) is 75.8 Å². The number of nitrogens with zero attached hydrogens (tertiary/aromatic N) is 5. The Morgan fingerprint density at radius 1 is 1.04 bits per heavy atom. The highest BCUT2D eigenvalue weighted by Gasteiger charge is 2.50. The van der Waals surface area contributed by atoms with Gasteiger partial charge < -0.3 is 24.8 Å². The van der Waals surface area contributed by atoms with Gasteiger partial charge in [0.25, 0.3) is 0 Å². The van der Waals surface area contributed by atoms with E-state index in [0.717, 1.165) is 69.7 Å². The van der Waals surface area contributed by atoms with E-state index in [-0.39, 0.29) is 11.9 Å². The molecule has 2 fully saturated rings. The van der Waals surface area contributed by atoms with Crippen LogP contribution in [-0.2, 0) is 16.8 Å². The second-order valence-corrected chi connectivity index (χ2v) is 13.5. The van der Waals surface area contributed by atoms with E-state index in [1.54, 1.807) is 7.05 Å². The smallest absolute Gasteiger partial charge is 0.237 e. The van der Waals surface area contributed by atoms with Crippen molar-refractivity contribution in [1.29, 1.82) is 0 Å². The first-order chi connectivity index (χ1) is 21.7. The van der Waals surface area contributed by atoms with E-state index >= 15 is 0 Å². The predicted octanol–water partition coefficient (Wildman–Crippen LogP) is 6.02. The highest BCUT2D eigenvalue weighted by atomic mass is 16.3. The van der Waals surface area contributed by atoms with Gasteiger partial charge >= 0.3 is 0 Å². The molecule has 7 rings (SSSR count). The maximum absolute atomic E-state index is 13.9. The number of aliphatic hydroxyl groups excluding tert-OH is 1. The van der Waals surface area contributed by atoms with Crippen molar-refractivity contribution in [2.24, 2.45) is 0 Å². The summed E-state index contributed by atoms with van der Waals surface area (Å²) in [6.07, 6.45) is 7.08. The van der Waals surface area contributed by atoms with E-state index in [0.29, 0.717) is 11.9 Å². The molecule has 1 amide bonds. The van der Waals surface area contributed by atoms with E-state index in [2.05, 4.69) is 64.0 Å². The largest absolute Gasteiger partial charge is 0.374 e. The van der Waals surface area contributed by atoms with Gasteiger partial charge in [-0.05, 0) is 109 Å². The lowest BCUT2D eigenvalue weighted by Gasteiger charge is -2.48. The Morgan fingerprint density at radius 2 is 1.82 bits per heavy atom. The number of imidazole rings is 1. The number of aromatic nitrogens is 3. The molecular weight excluding hydrogens is 562 g/mol. The molecule has 4 heterocycles. The maximum atomic E-state index is 13.9. The maximum Gasteiger partial charge on any atom is 0.237 e. The van der Waals surface area contributed by atoms with Crippen molar-refractivity contribution in [1.82, 2.24) is 24.8 Å². The first-order valence-electron chi connectivity index (χ1n) is 16.5. The van der Waals surface area contributed by atoms with Crippen LogP contribution in [0, 0.1) is 6.92 Å². The molecule has 9 heteroatoms. The zero-order valence-electron chi connectivity index (χ0n) is 27.1. The van der Waals surface area contributed by atoms with Gasteiger partial charge in [0.1, 0.15) is 11.7 Å². The van der Waals surface area contributed by atoms with Crippen LogP contribution >= 0.6 is 0 Å². The SMILES string of the molecule is CCn1cnc2cc(-c3ccc4c(c3)N([C@H]3C[C@@H](N5CCCCC5)C3)C(=O)C4(C)C)nc(Nc3ccc(C)c(C(O)NC)c3)c21. The molecule has 1 saturated carbocycles. The summed E-state index contributed by atoms with van der Waals surface area (Å²) in [5.41, 5.74) is 7.72. The fraction of sp³-hybridized carbons (Fsp3) is 0.472. The van der Waals surface area contributed by atoms with E-state index in [1.165, 1.54) is 32.4 Å². The van der Waals surface area contributed by atoms with Crippen LogP contribution in [0.2, 0.25) is 0 Å². The molecule has 0 spiro atoms. The van der Waals surface area contributed by atoms with Crippen LogP contribution in [-0.4, -0.2) is 62.7 Å². The second kappa shape index (κ2) is 11.5. The van der Waals surface area contributed by atoms with Gasteiger partial charge in [-0.2, -0.15) is 0 Å². The molecule has 1 unspecified atom stereocenters. The number of carbonyl (C=O) groups excluding carboxylic acids is 1. The topological polar surface area (TPSA) is 98.6 Å². The Morgan fingerprint density at radius 3 is 2.56 bits per heavy atom. The molecule has 2 aromatic carbocycles. The van der Waals surface area contributed by atoms with E-state index in [4.69, 9.17) is 9.97 Å². The summed E-state index contributed by atoms with van der Waals surface area (Å²) in [5, 5.41) is 17.0. The number of rotatable bonds is 8. The number of hydrogen-bond acceptors (Lipinski definition) is 7. The van der Waals surface area contributed by atoms with Gasteiger partial charge in [0.2, 0.25) is 5.91 Å². The number of aryl methyl sites for hydroxylation is 2. The van der Waals surface area contributed by atoms with Crippen molar-refractivity contribution in [3.63, 3.8) is 0 Å². The fourth-order valence-electron chi connectivity index (χ4n) is 7.53. The van der Waals surface area contributed by atoms with Gasteiger partial charge in [-0.1, -0.05) is 24.6 Å². The van der Waals surface area contributed by atoms with Gasteiger partial charge in [0.05, 0.1) is 23.0 Å². The van der Waals surface area contributed by atoms with Crippen molar-refractivity contribution >= 4 is 34.1 Å². The molecule has 1 atom stereocenters. The van der Waals surface area contributed by atoms with Crippen LogP contribution in [0.25, 0.3) is 22.3 Å². The number of piperidine rings is 1. The lowest BCUT2D eigenvalue weighted by atomic mass is 9.82. The normalized spacial score (nSPS) is 22.0. The van der Waals surface area contributed by atoms with Gasteiger partial charge in [-0.15, -0.1) is 0 Å². The Labute approximate surface area is 265 Å². The standard InChI is InChI=1S/C36H45N7O2/c1-6-41-21-38-30-20-29(40-33(32(30)41)39-24-12-10-22(2)27(17-24)34(44)37-5)23-11-13-28-31(16-23)43(35(45)36(28,3)4)26-18-25(19-26)42-14-8-7-9-15-42/h10-13,16-17,20-21,25-26,34,37,44H,6-9,14-15,18-19H2,1-5H3,(H,39,40)/t25-,26+,34?. The molecule has 1 aliphatic carbocycles. The fourth-order valence-corrected chi connectivity index (χ4v) is 7.53. The quantitative estimate of drug-likeness (QED) is 0.211. The number of anilines is 3. The number of benzene rings is 2. The Kier molecular flexibility index (Phi) is 7.66. The van der Waals surface area contributed by atoms with Gasteiger partial charge in [0, 0.05) is 41.1 Å². The number of nitrogens with one attached hydrogen (secondary N) is 2. The number of carbonyl (C=O) groups is 1. The van der Waals surface area contributed by atoms with Crippen molar-refractivity contribution < 1.29 is 9.90 Å². The molecular formula is C36H45N7O2. The number of pyridine rings is 1. The Bertz CT molecular complexity index is 1750. The third kappa shape index (κ3) is 5.11. The van der Waals surface area contributed by atoms with E-state index in [1.807, 2.05) is 37.5 Å². The summed E-state index contributed by atoms with van der Waals surface area (Å²) < 4.78 is 2.09. The summed E-state index contributed by atoms with van der Waals surface area (Å²) in [7, 11) is 1.74. The number of aliphatic hydroxyl groups is 1. The Balaban J connectivity index is 1.25. The third-order valence-corrected chi connectivity index (χ3v) is 10.4. The van der Waals surface area contributed by atoms with Crippen molar-refractivity contribution in [3.8, 4) is 11.3 Å². The molecule has 4 aromatic rings. The zero-order chi connectivity index (χ0) is 31.5. The number of hydrogen-bond donors (Lipinski definition) is 3. The summed E-state index contributed by atoms with van der Waals surface area (Å²) in [6.45, 7) is 11.3. The zero-order valence-corrected chi connectivity index (χ0v) is 27.1. The summed E-state index contributed by atoms with van der Waals surface area (Å²) in [4.78, 5) is 28.5. The molecule has 2 aromatic heterocycles. The summed E-state index contributed by atoms with van der Waals surface area (Å²) >= 11 is 0. The lowest BCUT2D eigenvalue weighted by Crippen LogP contribution is -2.57. The van der Waals surface area contributed by atoms with E-state index < -0.39 is 11.6 Å². The Hall–Kier alpha value is -3.79. The number of amides is 1. The number of fused-ring (bicyclic) bond motifs is 2. The van der Waals surface area contributed by atoms with E-state index in [9.17, 15) is 9.90 Å². The van der Waals surface area contributed by atoms with Crippen LogP contribution < -0.4 is 15.5 Å². The van der Waals surface area contributed by atoms with Crippen LogP contribution in [0.15, 0.2) is 48.8 Å². The van der Waals surface area contributed by atoms with Crippen molar-refractivity contribution in [2.45, 2.75) is 90.1 Å². The number of likely N-dealkylation sites (tertiary alicyclic amines) is 1. The third-order valence-electron chi connectivity index (χ3n) is 10.4. The summed E-state index contributed by atoms with van der Waals surface area (Å²) in [6, 6.07) is 15.2. The molecule has 0 bridgehead atoms. The highest BCUT2D eigenvalue weighted by Crippen LogP contribution is 2.48. The summed E-state index contributed by atoms with van der Waals surface area (Å²) in [5.74, 6) is 0.899. The molecule has 9 nitrogen and oxygen atoms in total. The second-order valence-electron chi connectivity index (χ2n) is 13.5. The van der Waals surface area contributed by atoms with Crippen molar-refractivity contribution in [2.75, 3.05) is 30.4 Å².